The lowest BCUT2D eigenvalue weighted by Gasteiger charge is -2.32. The molecule has 0 spiro atoms. The lowest BCUT2D eigenvalue weighted by molar-refractivity contribution is -0.135. The summed E-state index contributed by atoms with van der Waals surface area (Å²) in [6.07, 6.45) is 3.25. The van der Waals surface area contributed by atoms with Crippen LogP contribution in [0.2, 0.25) is 0 Å². The van der Waals surface area contributed by atoms with E-state index in [0.29, 0.717) is 43.2 Å². The van der Waals surface area contributed by atoms with Crippen LogP contribution in [0, 0.1) is 5.92 Å². The predicted octanol–water partition coefficient (Wildman–Crippen LogP) is 4.19. The molecule has 1 amide bonds. The van der Waals surface area contributed by atoms with Crippen LogP contribution in [-0.2, 0) is 14.8 Å². The predicted molar refractivity (Wildman–Crippen MR) is 130 cm³/mol. The van der Waals surface area contributed by atoms with Gasteiger partial charge in [-0.25, -0.2) is 8.42 Å². The topological polar surface area (TPSA) is 96.6 Å². The second-order valence-electron chi connectivity index (χ2n) is 8.67. The highest BCUT2D eigenvalue weighted by Crippen LogP contribution is 2.28. The van der Waals surface area contributed by atoms with Crippen LogP contribution in [0.15, 0.2) is 62.4 Å². The van der Waals surface area contributed by atoms with Gasteiger partial charge in [0.2, 0.25) is 21.8 Å². The Bertz CT molecular complexity index is 1280. The second-order valence-corrected chi connectivity index (χ2v) is 11.5. The Morgan fingerprint density at radius 1 is 0.971 bits per heavy atom. The van der Waals surface area contributed by atoms with E-state index in [1.165, 1.54) is 4.31 Å². The maximum Gasteiger partial charge on any atom is 0.258 e. The number of piperidine rings is 1. The van der Waals surface area contributed by atoms with Crippen LogP contribution < -0.4 is 0 Å². The molecule has 0 aliphatic carbocycles. The summed E-state index contributed by atoms with van der Waals surface area (Å²) in [6, 6.07) is 14.1. The van der Waals surface area contributed by atoms with Crippen LogP contribution in [-0.4, -0.2) is 59.8 Å². The van der Waals surface area contributed by atoms with E-state index < -0.39 is 10.0 Å². The minimum atomic E-state index is -3.63. The van der Waals surface area contributed by atoms with Gasteiger partial charge in [-0.05, 0) is 68.1 Å². The van der Waals surface area contributed by atoms with Crippen molar-refractivity contribution in [3.8, 4) is 22.8 Å². The third-order valence-corrected chi connectivity index (χ3v) is 8.87. The fourth-order valence-electron chi connectivity index (χ4n) is 4.54. The van der Waals surface area contributed by atoms with Gasteiger partial charge in [0.05, 0.1) is 4.90 Å². The van der Waals surface area contributed by atoms with Gasteiger partial charge in [-0.1, -0.05) is 27.2 Å². The van der Waals surface area contributed by atoms with Crippen molar-refractivity contribution in [2.75, 3.05) is 26.2 Å². The Morgan fingerprint density at radius 2 is 1.68 bits per heavy atom. The molecule has 8 nitrogen and oxygen atoms in total. The number of hydrogen-bond donors (Lipinski definition) is 0. The summed E-state index contributed by atoms with van der Waals surface area (Å²) in [5.41, 5.74) is 1.46. The van der Waals surface area contributed by atoms with Crippen LogP contribution >= 0.6 is 15.9 Å². The molecule has 0 atom stereocenters. The first kappa shape index (κ1) is 23.2. The Labute approximate surface area is 207 Å². The third kappa shape index (κ3) is 4.67. The van der Waals surface area contributed by atoms with Crippen molar-refractivity contribution in [2.24, 2.45) is 5.92 Å². The zero-order valence-corrected chi connectivity index (χ0v) is 21.0. The summed E-state index contributed by atoms with van der Waals surface area (Å²) in [5.74, 6) is 0.880. The molecule has 0 unspecified atom stereocenters. The maximum absolute atomic E-state index is 13.2. The van der Waals surface area contributed by atoms with Crippen molar-refractivity contribution in [3.05, 3.63) is 53.0 Å². The summed E-state index contributed by atoms with van der Waals surface area (Å²) in [7, 11) is -3.63. The lowest BCUT2D eigenvalue weighted by Crippen LogP contribution is -2.43. The average Bonchev–Trinajstić information content (AvgIpc) is 3.57. The Kier molecular flexibility index (Phi) is 6.54. The van der Waals surface area contributed by atoms with Gasteiger partial charge in [0.25, 0.3) is 5.89 Å². The van der Waals surface area contributed by atoms with E-state index in [-0.39, 0.29) is 16.7 Å². The Morgan fingerprint density at radius 3 is 2.35 bits per heavy atom. The molecular formula is C24H25BrN4O4S. The molecule has 5 rings (SSSR count). The van der Waals surface area contributed by atoms with Crippen LogP contribution in [0.5, 0.6) is 0 Å². The quantitative estimate of drug-likeness (QED) is 0.477. The summed E-state index contributed by atoms with van der Waals surface area (Å²) < 4.78 is 34.1. The SMILES string of the molecule is O=C(C1CCN(S(=O)(=O)c2ccc(-c3noc(-c4cccc(Br)c4)n3)cc2)CC1)N1CCCC1. The van der Waals surface area contributed by atoms with Gasteiger partial charge in [0.15, 0.2) is 0 Å². The van der Waals surface area contributed by atoms with Crippen molar-refractivity contribution in [1.29, 1.82) is 0 Å². The maximum atomic E-state index is 13.2. The summed E-state index contributed by atoms with van der Waals surface area (Å²) in [6.45, 7) is 2.37. The number of nitrogens with zero attached hydrogens (tertiary/aromatic N) is 4. The number of halogens is 1. The van der Waals surface area contributed by atoms with Gasteiger partial charge >= 0.3 is 0 Å². The summed E-state index contributed by atoms with van der Waals surface area (Å²) in [5, 5.41) is 4.03. The highest BCUT2D eigenvalue weighted by atomic mass is 79.9. The molecule has 0 N–H and O–H groups in total. The van der Waals surface area contributed by atoms with Crippen molar-refractivity contribution in [1.82, 2.24) is 19.3 Å². The first-order chi connectivity index (χ1) is 16.4. The zero-order valence-electron chi connectivity index (χ0n) is 18.6. The molecule has 2 fully saturated rings. The molecule has 3 aromatic rings. The molecule has 34 heavy (non-hydrogen) atoms. The van der Waals surface area contributed by atoms with Gasteiger partial charge < -0.3 is 9.42 Å². The number of aromatic nitrogens is 2. The smallest absolute Gasteiger partial charge is 0.258 e. The van der Waals surface area contributed by atoms with Gasteiger partial charge in [-0.3, -0.25) is 4.79 Å². The van der Waals surface area contributed by atoms with Crippen molar-refractivity contribution < 1.29 is 17.7 Å². The first-order valence-corrected chi connectivity index (χ1v) is 13.6. The van der Waals surface area contributed by atoms with E-state index in [0.717, 1.165) is 36.0 Å². The second kappa shape index (κ2) is 9.59. The monoisotopic (exact) mass is 544 g/mol. The molecule has 178 valence electrons. The van der Waals surface area contributed by atoms with Crippen molar-refractivity contribution in [3.63, 3.8) is 0 Å². The Balaban J connectivity index is 1.26. The van der Waals surface area contributed by atoms with Crippen LogP contribution in [0.4, 0.5) is 0 Å². The standard InChI is InChI=1S/C24H25BrN4O4S/c25-20-5-3-4-19(16-20)23-26-22(27-33-23)17-6-8-21(9-7-17)34(31,32)29-14-10-18(11-15-29)24(30)28-12-1-2-13-28/h3-9,16,18H,1-2,10-15H2. The lowest BCUT2D eigenvalue weighted by atomic mass is 9.97. The van der Waals surface area contributed by atoms with E-state index in [2.05, 4.69) is 26.1 Å². The number of rotatable bonds is 5. The minimum Gasteiger partial charge on any atom is -0.342 e. The highest BCUT2D eigenvalue weighted by molar-refractivity contribution is 9.10. The Hall–Kier alpha value is -2.56. The van der Waals surface area contributed by atoms with Crippen molar-refractivity contribution in [2.45, 2.75) is 30.6 Å². The number of benzene rings is 2. The van der Waals surface area contributed by atoms with E-state index in [9.17, 15) is 13.2 Å². The largest absolute Gasteiger partial charge is 0.342 e. The van der Waals surface area contributed by atoms with Crippen LogP contribution in [0.1, 0.15) is 25.7 Å². The van der Waals surface area contributed by atoms with E-state index in [4.69, 9.17) is 4.52 Å². The number of sulfonamides is 1. The first-order valence-electron chi connectivity index (χ1n) is 11.4. The molecule has 0 saturated carbocycles. The third-order valence-electron chi connectivity index (χ3n) is 6.47. The highest BCUT2D eigenvalue weighted by Gasteiger charge is 2.34. The zero-order chi connectivity index (χ0) is 23.7. The van der Waals surface area contributed by atoms with Gasteiger partial charge in [0, 0.05) is 47.7 Å². The summed E-state index contributed by atoms with van der Waals surface area (Å²) in [4.78, 5) is 19.2. The molecule has 2 aliphatic heterocycles. The molecule has 0 radical (unpaired) electrons. The van der Waals surface area contributed by atoms with E-state index in [1.807, 2.05) is 29.2 Å². The molecular weight excluding hydrogens is 520 g/mol. The molecule has 1 aromatic heterocycles. The van der Waals surface area contributed by atoms with Crippen molar-refractivity contribution >= 4 is 31.9 Å². The minimum absolute atomic E-state index is 0.0791. The van der Waals surface area contributed by atoms with Gasteiger partial charge in [-0.15, -0.1) is 0 Å². The van der Waals surface area contributed by atoms with Gasteiger partial charge in [0.1, 0.15) is 0 Å². The molecule has 2 aliphatic rings. The number of carbonyl (C=O) groups is 1. The molecule has 3 heterocycles. The normalized spacial score (nSPS) is 17.9. The van der Waals surface area contributed by atoms with E-state index in [1.54, 1.807) is 24.3 Å². The number of hydrogen-bond acceptors (Lipinski definition) is 6. The molecule has 10 heteroatoms. The number of amides is 1. The number of carbonyl (C=O) groups excluding carboxylic acids is 1. The fourth-order valence-corrected chi connectivity index (χ4v) is 6.41. The fraction of sp³-hybridized carbons (Fsp3) is 0.375. The molecule has 2 saturated heterocycles. The number of likely N-dealkylation sites (tertiary alicyclic amines) is 1. The molecule has 2 aromatic carbocycles. The van der Waals surface area contributed by atoms with E-state index >= 15 is 0 Å². The summed E-state index contributed by atoms with van der Waals surface area (Å²) >= 11 is 3.43. The average molecular weight is 545 g/mol. The molecule has 0 bridgehead atoms. The van der Waals surface area contributed by atoms with Gasteiger partial charge in [-0.2, -0.15) is 9.29 Å². The van der Waals surface area contributed by atoms with Crippen LogP contribution in [0.25, 0.3) is 22.8 Å². The van der Waals surface area contributed by atoms with Crippen LogP contribution in [0.3, 0.4) is 0 Å².